The number of fused-ring (bicyclic) bond motifs is 1. The highest BCUT2D eigenvalue weighted by Crippen LogP contribution is 2.18. The Morgan fingerprint density at radius 1 is 1.15 bits per heavy atom. The molecule has 0 saturated heterocycles. The first-order valence-electron chi connectivity index (χ1n) is 8.90. The topological polar surface area (TPSA) is 60.7 Å². The molecule has 27 heavy (non-hydrogen) atoms. The average Bonchev–Trinajstić information content (AvgIpc) is 2.97. The lowest BCUT2D eigenvalue weighted by Crippen LogP contribution is -2.19. The Balaban J connectivity index is 2.02. The van der Waals surface area contributed by atoms with Crippen LogP contribution in [0.3, 0.4) is 0 Å². The fourth-order valence-electron chi connectivity index (χ4n) is 2.96. The van der Waals surface area contributed by atoms with Gasteiger partial charge >= 0.3 is 5.97 Å². The fraction of sp³-hybridized carbons (Fsp3) is 0.286. The summed E-state index contributed by atoms with van der Waals surface area (Å²) in [6.45, 7) is 6.47. The molecule has 0 aliphatic heterocycles. The molecule has 0 atom stereocenters. The van der Waals surface area contributed by atoms with Gasteiger partial charge in [0.1, 0.15) is 0 Å². The van der Waals surface area contributed by atoms with E-state index in [9.17, 15) is 9.59 Å². The maximum absolute atomic E-state index is 12.8. The Kier molecular flexibility index (Phi) is 5.86. The van der Waals surface area contributed by atoms with Crippen LogP contribution < -0.4 is 4.80 Å². The number of ether oxygens (including phenoxy) is 1. The van der Waals surface area contributed by atoms with Gasteiger partial charge < -0.3 is 9.30 Å². The smallest absolute Gasteiger partial charge is 0.307 e. The zero-order valence-electron chi connectivity index (χ0n) is 15.7. The number of hydrogen-bond acceptors (Lipinski definition) is 4. The van der Waals surface area contributed by atoms with Gasteiger partial charge in [-0.1, -0.05) is 41.2 Å². The third-order valence-corrected chi connectivity index (χ3v) is 5.30. The largest absolute Gasteiger partial charge is 0.466 e. The van der Waals surface area contributed by atoms with Crippen LogP contribution in [-0.4, -0.2) is 23.1 Å². The Bertz CT molecular complexity index is 1060. The van der Waals surface area contributed by atoms with Crippen molar-refractivity contribution in [2.75, 3.05) is 6.61 Å². The summed E-state index contributed by atoms with van der Waals surface area (Å²) in [5.41, 5.74) is 3.56. The summed E-state index contributed by atoms with van der Waals surface area (Å²) in [6.07, 6.45) is 0.236. The minimum Gasteiger partial charge on any atom is -0.466 e. The zero-order chi connectivity index (χ0) is 19.4. The van der Waals surface area contributed by atoms with Gasteiger partial charge in [-0.05, 0) is 44.5 Å². The number of carbonyl (C=O) groups is 2. The SMILES string of the molecule is CCOC(=O)CCn1c(=NC(=O)c2ccc(C)cc2C)sc2ccccc21. The summed E-state index contributed by atoms with van der Waals surface area (Å²) in [4.78, 5) is 29.5. The Morgan fingerprint density at radius 2 is 1.93 bits per heavy atom. The normalized spacial score (nSPS) is 11.7. The number of carbonyl (C=O) groups excluding carboxylic acids is 2. The molecule has 140 valence electrons. The first-order valence-corrected chi connectivity index (χ1v) is 9.71. The number of benzene rings is 2. The van der Waals surface area contributed by atoms with E-state index in [-0.39, 0.29) is 18.3 Å². The average molecular weight is 382 g/mol. The van der Waals surface area contributed by atoms with Crippen LogP contribution >= 0.6 is 11.3 Å². The van der Waals surface area contributed by atoms with E-state index in [0.717, 1.165) is 21.3 Å². The van der Waals surface area contributed by atoms with Gasteiger partial charge in [0.25, 0.3) is 5.91 Å². The monoisotopic (exact) mass is 382 g/mol. The van der Waals surface area contributed by atoms with Crippen molar-refractivity contribution in [3.05, 3.63) is 64.0 Å². The number of para-hydroxylation sites is 1. The van der Waals surface area contributed by atoms with Crippen LogP contribution in [0.15, 0.2) is 47.5 Å². The highest BCUT2D eigenvalue weighted by atomic mass is 32.1. The highest BCUT2D eigenvalue weighted by molar-refractivity contribution is 7.16. The second-order valence-corrected chi connectivity index (χ2v) is 7.30. The van der Waals surface area contributed by atoms with Crippen LogP contribution in [0.1, 0.15) is 34.8 Å². The first kappa shape index (κ1) is 19.0. The lowest BCUT2D eigenvalue weighted by molar-refractivity contribution is -0.143. The van der Waals surface area contributed by atoms with E-state index in [1.807, 2.05) is 60.9 Å². The summed E-state index contributed by atoms with van der Waals surface area (Å²) < 4.78 is 7.96. The molecule has 0 spiro atoms. The lowest BCUT2D eigenvalue weighted by atomic mass is 10.1. The molecule has 1 heterocycles. The van der Waals surface area contributed by atoms with Crippen molar-refractivity contribution in [2.45, 2.75) is 33.7 Å². The molecule has 0 aliphatic rings. The van der Waals surface area contributed by atoms with E-state index in [0.29, 0.717) is 23.5 Å². The maximum atomic E-state index is 12.8. The molecule has 0 saturated carbocycles. The zero-order valence-corrected chi connectivity index (χ0v) is 16.5. The Hall–Kier alpha value is -2.73. The number of aryl methyl sites for hydroxylation is 3. The van der Waals surface area contributed by atoms with E-state index in [2.05, 4.69) is 4.99 Å². The standard InChI is InChI=1S/C21H22N2O3S/c1-4-26-19(24)11-12-23-17-7-5-6-8-18(17)27-21(23)22-20(25)16-10-9-14(2)13-15(16)3/h5-10,13H,4,11-12H2,1-3H3. The summed E-state index contributed by atoms with van der Waals surface area (Å²) in [7, 11) is 0. The van der Waals surface area contributed by atoms with E-state index in [4.69, 9.17) is 4.74 Å². The minimum atomic E-state index is -0.274. The quantitative estimate of drug-likeness (QED) is 0.626. The highest BCUT2D eigenvalue weighted by Gasteiger charge is 2.12. The Morgan fingerprint density at radius 3 is 2.67 bits per heavy atom. The van der Waals surface area contributed by atoms with E-state index < -0.39 is 0 Å². The van der Waals surface area contributed by atoms with Gasteiger partial charge in [0.2, 0.25) is 0 Å². The van der Waals surface area contributed by atoms with Crippen LogP contribution in [-0.2, 0) is 16.1 Å². The third kappa shape index (κ3) is 4.34. The number of esters is 1. The number of nitrogens with zero attached hydrogens (tertiary/aromatic N) is 2. The van der Waals surface area contributed by atoms with Gasteiger partial charge in [-0.25, -0.2) is 0 Å². The number of rotatable bonds is 5. The predicted octanol–water partition coefficient (Wildman–Crippen LogP) is 4.01. The molecular formula is C21H22N2O3S. The number of aromatic nitrogens is 1. The van der Waals surface area contributed by atoms with Crippen molar-refractivity contribution >= 4 is 33.4 Å². The van der Waals surface area contributed by atoms with Crippen LogP contribution in [0, 0.1) is 13.8 Å². The van der Waals surface area contributed by atoms with Crippen molar-refractivity contribution in [1.29, 1.82) is 0 Å². The fourth-order valence-corrected chi connectivity index (χ4v) is 4.01. The van der Waals surface area contributed by atoms with Crippen LogP contribution in [0.2, 0.25) is 0 Å². The summed E-state index contributed by atoms with van der Waals surface area (Å²) in [5.74, 6) is -0.532. The first-order chi connectivity index (χ1) is 13.0. The second kappa shape index (κ2) is 8.31. The van der Waals surface area contributed by atoms with Crippen molar-refractivity contribution in [1.82, 2.24) is 4.57 Å². The molecule has 3 aromatic rings. The maximum Gasteiger partial charge on any atom is 0.307 e. The summed E-state index contributed by atoms with van der Waals surface area (Å²) >= 11 is 1.44. The van der Waals surface area contributed by atoms with Gasteiger partial charge in [0.05, 0.1) is 23.2 Å². The Labute approximate surface area is 161 Å². The van der Waals surface area contributed by atoms with Crippen molar-refractivity contribution in [3.63, 3.8) is 0 Å². The number of thiazole rings is 1. The second-order valence-electron chi connectivity index (χ2n) is 6.29. The number of amides is 1. The molecule has 0 N–H and O–H groups in total. The van der Waals surface area contributed by atoms with Crippen LogP contribution in [0.4, 0.5) is 0 Å². The molecule has 0 bridgehead atoms. The van der Waals surface area contributed by atoms with Crippen molar-refractivity contribution in [3.8, 4) is 0 Å². The van der Waals surface area contributed by atoms with E-state index in [1.54, 1.807) is 6.92 Å². The van der Waals surface area contributed by atoms with Crippen LogP contribution in [0.5, 0.6) is 0 Å². The van der Waals surface area contributed by atoms with Crippen LogP contribution in [0.25, 0.3) is 10.2 Å². The van der Waals surface area contributed by atoms with Crippen molar-refractivity contribution < 1.29 is 14.3 Å². The molecule has 6 heteroatoms. The molecule has 2 aromatic carbocycles. The molecule has 1 aromatic heterocycles. The molecule has 5 nitrogen and oxygen atoms in total. The molecule has 0 aliphatic carbocycles. The van der Waals surface area contributed by atoms with Crippen molar-refractivity contribution in [2.24, 2.45) is 4.99 Å². The predicted molar refractivity (Wildman–Crippen MR) is 107 cm³/mol. The lowest BCUT2D eigenvalue weighted by Gasteiger charge is -2.06. The third-order valence-electron chi connectivity index (χ3n) is 4.24. The molecular weight excluding hydrogens is 360 g/mol. The van der Waals surface area contributed by atoms with Gasteiger partial charge in [0, 0.05) is 12.1 Å². The number of hydrogen-bond donors (Lipinski definition) is 0. The molecule has 0 fully saturated rings. The summed E-state index contributed by atoms with van der Waals surface area (Å²) in [5, 5.41) is 0. The molecule has 0 unspecified atom stereocenters. The van der Waals surface area contributed by atoms with Gasteiger partial charge in [-0.2, -0.15) is 4.99 Å². The van der Waals surface area contributed by atoms with Gasteiger partial charge in [0.15, 0.2) is 4.80 Å². The molecule has 1 amide bonds. The molecule has 3 rings (SSSR count). The van der Waals surface area contributed by atoms with Gasteiger partial charge in [-0.3, -0.25) is 9.59 Å². The van der Waals surface area contributed by atoms with E-state index in [1.165, 1.54) is 11.3 Å². The van der Waals surface area contributed by atoms with Gasteiger partial charge in [-0.15, -0.1) is 0 Å². The van der Waals surface area contributed by atoms with E-state index >= 15 is 0 Å². The summed E-state index contributed by atoms with van der Waals surface area (Å²) in [6, 6.07) is 13.5. The minimum absolute atomic E-state index is 0.236. The molecule has 0 radical (unpaired) electrons.